The number of aromatic nitrogens is 2. The monoisotopic (exact) mass is 166 g/mol. The molecule has 0 spiro atoms. The summed E-state index contributed by atoms with van der Waals surface area (Å²) in [5.74, 6) is 1.13. The molecule has 0 aliphatic heterocycles. The van der Waals surface area contributed by atoms with Crippen LogP contribution in [0.3, 0.4) is 0 Å². The van der Waals surface area contributed by atoms with Gasteiger partial charge in [-0.25, -0.2) is 4.98 Å². The molecule has 0 aliphatic carbocycles. The van der Waals surface area contributed by atoms with Gasteiger partial charge in [0.1, 0.15) is 5.82 Å². The molecule has 1 aromatic rings. The van der Waals surface area contributed by atoms with E-state index in [1.54, 1.807) is 0 Å². The lowest BCUT2D eigenvalue weighted by atomic mass is 10.2. The van der Waals surface area contributed by atoms with Gasteiger partial charge >= 0.3 is 0 Å². The molecule has 0 aromatic carbocycles. The normalized spacial score (nSPS) is 10.6. The number of hydrogen-bond acceptors (Lipinski definition) is 1. The second kappa shape index (κ2) is 4.29. The number of nitrogens with zero attached hydrogens (tertiary/aromatic N) is 1. The largest absolute Gasteiger partial charge is 0.346 e. The van der Waals surface area contributed by atoms with E-state index in [1.165, 1.54) is 17.8 Å². The van der Waals surface area contributed by atoms with Crippen molar-refractivity contribution in [3.63, 3.8) is 0 Å². The second-order valence-corrected chi connectivity index (χ2v) is 3.07. The third kappa shape index (κ3) is 1.87. The molecule has 1 N–H and O–H groups in total. The standard InChI is InChI=1S/C10H18N2/c1-4-7-9-8(5-2)11-10(6-3)12-9/h4-7H2,1-3H3,(H,11,12). The van der Waals surface area contributed by atoms with Crippen LogP contribution in [-0.4, -0.2) is 9.97 Å². The summed E-state index contributed by atoms with van der Waals surface area (Å²) >= 11 is 0. The molecule has 0 saturated heterocycles. The van der Waals surface area contributed by atoms with Gasteiger partial charge in [-0.1, -0.05) is 27.2 Å². The zero-order valence-corrected chi connectivity index (χ0v) is 8.28. The first-order chi connectivity index (χ1) is 5.81. The van der Waals surface area contributed by atoms with Gasteiger partial charge in [-0.3, -0.25) is 0 Å². The van der Waals surface area contributed by atoms with E-state index in [9.17, 15) is 0 Å². The average Bonchev–Trinajstić information content (AvgIpc) is 2.48. The summed E-state index contributed by atoms with van der Waals surface area (Å²) in [7, 11) is 0. The Labute approximate surface area is 74.4 Å². The Bertz CT molecular complexity index is 238. The van der Waals surface area contributed by atoms with Crippen molar-refractivity contribution in [3.05, 3.63) is 17.2 Å². The zero-order valence-electron chi connectivity index (χ0n) is 8.28. The Morgan fingerprint density at radius 3 is 2.42 bits per heavy atom. The van der Waals surface area contributed by atoms with Crippen molar-refractivity contribution >= 4 is 0 Å². The minimum atomic E-state index is 1.01. The number of rotatable bonds is 4. The lowest BCUT2D eigenvalue weighted by Gasteiger charge is -1.95. The highest BCUT2D eigenvalue weighted by Crippen LogP contribution is 2.09. The highest BCUT2D eigenvalue weighted by molar-refractivity contribution is 5.14. The molecule has 0 fully saturated rings. The van der Waals surface area contributed by atoms with Crippen LogP contribution in [-0.2, 0) is 19.3 Å². The molecular formula is C10H18N2. The summed E-state index contributed by atoms with van der Waals surface area (Å²) < 4.78 is 0. The van der Waals surface area contributed by atoms with Crippen LogP contribution in [0.25, 0.3) is 0 Å². The SMILES string of the molecule is CCCc1[nH]c(CC)nc1CC. The summed E-state index contributed by atoms with van der Waals surface area (Å²) in [6.07, 6.45) is 4.39. The molecule has 0 unspecified atom stereocenters. The Morgan fingerprint density at radius 2 is 1.92 bits per heavy atom. The molecule has 1 rings (SSSR count). The topological polar surface area (TPSA) is 28.7 Å². The molecule has 0 atom stereocenters. The molecule has 12 heavy (non-hydrogen) atoms. The van der Waals surface area contributed by atoms with Crippen molar-refractivity contribution in [3.8, 4) is 0 Å². The van der Waals surface area contributed by atoms with Crippen LogP contribution in [0.1, 0.15) is 44.4 Å². The van der Waals surface area contributed by atoms with Crippen molar-refractivity contribution in [2.45, 2.75) is 46.5 Å². The van der Waals surface area contributed by atoms with Crippen LogP contribution in [0.5, 0.6) is 0 Å². The zero-order chi connectivity index (χ0) is 8.97. The van der Waals surface area contributed by atoms with E-state index in [-0.39, 0.29) is 0 Å². The fraction of sp³-hybridized carbons (Fsp3) is 0.700. The van der Waals surface area contributed by atoms with E-state index < -0.39 is 0 Å². The van der Waals surface area contributed by atoms with E-state index in [0.29, 0.717) is 0 Å². The van der Waals surface area contributed by atoms with E-state index in [0.717, 1.165) is 25.1 Å². The quantitative estimate of drug-likeness (QED) is 0.731. The van der Waals surface area contributed by atoms with Gasteiger partial charge in [0, 0.05) is 12.1 Å². The van der Waals surface area contributed by atoms with Gasteiger partial charge in [0.05, 0.1) is 5.69 Å². The Balaban J connectivity index is 2.84. The van der Waals surface area contributed by atoms with E-state index in [4.69, 9.17) is 0 Å². The molecule has 0 radical (unpaired) electrons. The van der Waals surface area contributed by atoms with Crippen molar-refractivity contribution in [2.75, 3.05) is 0 Å². The molecule has 2 nitrogen and oxygen atoms in total. The Morgan fingerprint density at radius 1 is 1.17 bits per heavy atom. The van der Waals surface area contributed by atoms with Gasteiger partial charge < -0.3 is 4.98 Å². The van der Waals surface area contributed by atoms with Crippen molar-refractivity contribution in [2.24, 2.45) is 0 Å². The highest BCUT2D eigenvalue weighted by atomic mass is 14.9. The summed E-state index contributed by atoms with van der Waals surface area (Å²) in [4.78, 5) is 7.88. The van der Waals surface area contributed by atoms with Crippen molar-refractivity contribution in [1.82, 2.24) is 9.97 Å². The van der Waals surface area contributed by atoms with Gasteiger partial charge in [-0.15, -0.1) is 0 Å². The summed E-state index contributed by atoms with van der Waals surface area (Å²) in [5, 5.41) is 0. The van der Waals surface area contributed by atoms with Crippen LogP contribution in [0.4, 0.5) is 0 Å². The maximum atomic E-state index is 4.51. The smallest absolute Gasteiger partial charge is 0.106 e. The van der Waals surface area contributed by atoms with Gasteiger partial charge in [0.25, 0.3) is 0 Å². The molecule has 2 heteroatoms. The van der Waals surface area contributed by atoms with E-state index in [2.05, 4.69) is 30.7 Å². The maximum absolute atomic E-state index is 4.51. The molecule has 1 heterocycles. The molecule has 0 amide bonds. The van der Waals surface area contributed by atoms with Crippen molar-refractivity contribution < 1.29 is 0 Å². The van der Waals surface area contributed by atoms with Gasteiger partial charge in [0.2, 0.25) is 0 Å². The number of nitrogens with one attached hydrogen (secondary N) is 1. The molecule has 0 saturated carbocycles. The summed E-state index contributed by atoms with van der Waals surface area (Å²) in [6.45, 7) is 6.49. The fourth-order valence-electron chi connectivity index (χ4n) is 1.42. The minimum absolute atomic E-state index is 1.01. The molecule has 0 bridgehead atoms. The third-order valence-corrected chi connectivity index (χ3v) is 2.08. The summed E-state index contributed by atoms with van der Waals surface area (Å²) in [6, 6.07) is 0. The second-order valence-electron chi connectivity index (χ2n) is 3.07. The van der Waals surface area contributed by atoms with Crippen LogP contribution in [0, 0.1) is 0 Å². The van der Waals surface area contributed by atoms with Crippen LogP contribution >= 0.6 is 0 Å². The van der Waals surface area contributed by atoms with Gasteiger partial charge in [-0.05, 0) is 12.8 Å². The lowest BCUT2D eigenvalue weighted by Crippen LogP contribution is -1.89. The number of aryl methyl sites for hydroxylation is 3. The Kier molecular flexibility index (Phi) is 3.32. The Hall–Kier alpha value is -0.790. The highest BCUT2D eigenvalue weighted by Gasteiger charge is 2.05. The van der Waals surface area contributed by atoms with Crippen LogP contribution < -0.4 is 0 Å². The number of H-pyrrole nitrogens is 1. The molecular weight excluding hydrogens is 148 g/mol. The first-order valence-corrected chi connectivity index (χ1v) is 4.88. The van der Waals surface area contributed by atoms with Gasteiger partial charge in [0.15, 0.2) is 0 Å². The number of hydrogen-bond donors (Lipinski definition) is 1. The average molecular weight is 166 g/mol. The van der Waals surface area contributed by atoms with Crippen LogP contribution in [0.2, 0.25) is 0 Å². The third-order valence-electron chi connectivity index (χ3n) is 2.08. The molecule has 68 valence electrons. The number of imidazole rings is 1. The molecule has 1 aromatic heterocycles. The predicted octanol–water partition coefficient (Wildman–Crippen LogP) is 2.49. The summed E-state index contributed by atoms with van der Waals surface area (Å²) in [5.41, 5.74) is 2.60. The first kappa shape index (κ1) is 9.30. The van der Waals surface area contributed by atoms with E-state index >= 15 is 0 Å². The fourth-order valence-corrected chi connectivity index (χ4v) is 1.42. The van der Waals surface area contributed by atoms with Crippen LogP contribution in [0.15, 0.2) is 0 Å². The van der Waals surface area contributed by atoms with E-state index in [1.807, 2.05) is 0 Å². The minimum Gasteiger partial charge on any atom is -0.346 e. The van der Waals surface area contributed by atoms with Gasteiger partial charge in [-0.2, -0.15) is 0 Å². The predicted molar refractivity (Wildman–Crippen MR) is 51.3 cm³/mol. The maximum Gasteiger partial charge on any atom is 0.106 e. The molecule has 0 aliphatic rings. The lowest BCUT2D eigenvalue weighted by molar-refractivity contribution is 0.864. The van der Waals surface area contributed by atoms with Crippen molar-refractivity contribution in [1.29, 1.82) is 0 Å². The first-order valence-electron chi connectivity index (χ1n) is 4.88. The number of aromatic amines is 1.